The second-order valence-corrected chi connectivity index (χ2v) is 18.6. The van der Waals surface area contributed by atoms with E-state index >= 15 is 0 Å². The van der Waals surface area contributed by atoms with Crippen molar-refractivity contribution in [2.75, 3.05) is 23.0 Å². The van der Waals surface area contributed by atoms with Crippen LogP contribution in [-0.4, -0.2) is 56.7 Å². The van der Waals surface area contributed by atoms with Gasteiger partial charge in [0.05, 0.1) is 23.0 Å². The molecule has 0 aliphatic rings. The number of hydrogen-bond donors (Lipinski definition) is 0. The van der Waals surface area contributed by atoms with Gasteiger partial charge < -0.3 is 0 Å². The third-order valence-corrected chi connectivity index (χ3v) is 15.6. The largest absolute Gasteiger partial charge is 0.253 e. The quantitative estimate of drug-likeness (QED) is 0.269. The third kappa shape index (κ3) is 8.22. The van der Waals surface area contributed by atoms with Crippen LogP contribution in [-0.2, 0) is 35.5 Å². The zero-order valence-electron chi connectivity index (χ0n) is 15.4. The summed E-state index contributed by atoms with van der Waals surface area (Å²) in [5.41, 5.74) is 0. The fourth-order valence-electron chi connectivity index (χ4n) is 2.23. The predicted octanol–water partition coefficient (Wildman–Crippen LogP) is 1.64. The predicted molar refractivity (Wildman–Crippen MR) is 103 cm³/mol. The van der Waals surface area contributed by atoms with Crippen LogP contribution >= 0.6 is 0 Å². The van der Waals surface area contributed by atoms with Gasteiger partial charge in [0.15, 0.2) is 0 Å². The van der Waals surface area contributed by atoms with E-state index in [1.807, 2.05) is 0 Å². The van der Waals surface area contributed by atoms with Gasteiger partial charge >= 0.3 is 0 Å². The molecule has 12 heteroatoms. The molecule has 158 valence electrons. The van der Waals surface area contributed by atoms with Gasteiger partial charge in [0.2, 0.25) is 0 Å². The van der Waals surface area contributed by atoms with E-state index in [2.05, 4.69) is 0 Å². The highest BCUT2D eigenvalue weighted by atomic mass is 33.2. The van der Waals surface area contributed by atoms with E-state index in [1.54, 1.807) is 0 Å². The fourth-order valence-corrected chi connectivity index (χ4v) is 8.96. The van der Waals surface area contributed by atoms with Crippen LogP contribution in [0.4, 0.5) is 0 Å². The number of hydrogen-bond acceptors (Lipinski definition) is 8. The average molecular weight is 455 g/mol. The van der Waals surface area contributed by atoms with Gasteiger partial charge in [0.1, 0.15) is 0 Å². The highest BCUT2D eigenvalue weighted by Gasteiger charge is 2.27. The Labute approximate surface area is 157 Å². The Balaban J connectivity index is 3.85. The maximum atomic E-state index is 11.6. The summed E-state index contributed by atoms with van der Waals surface area (Å²) in [5.74, 6) is -1.53. The Morgan fingerprint density at radius 3 is 0.846 bits per heavy atom. The van der Waals surface area contributed by atoms with Crippen molar-refractivity contribution < 1.29 is 33.7 Å². The van der Waals surface area contributed by atoms with E-state index in [9.17, 15) is 33.7 Å². The molecule has 0 unspecified atom stereocenters. The van der Waals surface area contributed by atoms with Gasteiger partial charge in [0, 0.05) is 0 Å². The topological polar surface area (TPSA) is 137 Å². The van der Waals surface area contributed by atoms with Gasteiger partial charge in [0.25, 0.3) is 35.5 Å². The molecular formula is C14H30O8S4. The second-order valence-electron chi connectivity index (χ2n) is 6.04. The van der Waals surface area contributed by atoms with Crippen LogP contribution in [0.1, 0.15) is 65.2 Å². The minimum absolute atomic E-state index is 0.300. The molecule has 0 aromatic carbocycles. The number of rotatable bonds is 15. The lowest BCUT2D eigenvalue weighted by atomic mass is 10.1. The summed E-state index contributed by atoms with van der Waals surface area (Å²) in [6, 6.07) is 0. The minimum atomic E-state index is -4.08. The first-order valence-electron chi connectivity index (χ1n) is 8.74. The SMILES string of the molecule is CCS(=O)(=O)S(=O)(=O)CCCCCCCCCCS(=O)(=O)S(=O)(=O)CC. The van der Waals surface area contributed by atoms with Crippen molar-refractivity contribution in [2.45, 2.75) is 65.2 Å². The van der Waals surface area contributed by atoms with Crippen molar-refractivity contribution in [3.05, 3.63) is 0 Å². The summed E-state index contributed by atoms with van der Waals surface area (Å²) in [6.45, 7) is 2.60. The van der Waals surface area contributed by atoms with Crippen LogP contribution in [0.25, 0.3) is 0 Å². The number of unbranched alkanes of at least 4 members (excludes halogenated alkanes) is 7. The Morgan fingerprint density at radius 1 is 0.385 bits per heavy atom. The molecule has 0 rings (SSSR count). The van der Waals surface area contributed by atoms with E-state index in [-0.39, 0.29) is 11.5 Å². The maximum absolute atomic E-state index is 11.6. The van der Waals surface area contributed by atoms with Gasteiger partial charge in [-0.3, -0.25) is 0 Å². The highest BCUT2D eigenvalue weighted by Crippen LogP contribution is 2.13. The minimum Gasteiger partial charge on any atom is -0.213 e. The van der Waals surface area contributed by atoms with Crippen molar-refractivity contribution in [3.8, 4) is 0 Å². The maximum Gasteiger partial charge on any atom is 0.253 e. The zero-order valence-corrected chi connectivity index (χ0v) is 18.7. The van der Waals surface area contributed by atoms with Crippen LogP contribution in [0.3, 0.4) is 0 Å². The summed E-state index contributed by atoms with van der Waals surface area (Å²) in [4.78, 5) is 0. The Hall–Kier alpha value is -0.200. The van der Waals surface area contributed by atoms with Crippen LogP contribution in [0.5, 0.6) is 0 Å². The fraction of sp³-hybridized carbons (Fsp3) is 1.00. The summed E-state index contributed by atoms with van der Waals surface area (Å²) >= 11 is 0. The molecule has 0 amide bonds. The van der Waals surface area contributed by atoms with Crippen molar-refractivity contribution in [1.29, 1.82) is 0 Å². The lowest BCUT2D eigenvalue weighted by molar-refractivity contribution is 0.565. The molecule has 0 aromatic heterocycles. The van der Waals surface area contributed by atoms with Crippen molar-refractivity contribution in [2.24, 2.45) is 0 Å². The van der Waals surface area contributed by atoms with E-state index < -0.39 is 47.0 Å². The molecule has 0 atom stereocenters. The molecule has 0 aliphatic heterocycles. The van der Waals surface area contributed by atoms with Gasteiger partial charge in [-0.25, -0.2) is 33.7 Å². The monoisotopic (exact) mass is 454 g/mol. The van der Waals surface area contributed by atoms with Gasteiger partial charge in [-0.2, -0.15) is 0 Å². The van der Waals surface area contributed by atoms with E-state index in [1.165, 1.54) is 13.8 Å². The van der Waals surface area contributed by atoms with E-state index in [0.717, 1.165) is 25.7 Å². The lowest BCUT2D eigenvalue weighted by Crippen LogP contribution is -2.20. The zero-order chi connectivity index (χ0) is 20.5. The Kier molecular flexibility index (Phi) is 10.9. The molecule has 0 bridgehead atoms. The van der Waals surface area contributed by atoms with Crippen LogP contribution in [0.2, 0.25) is 0 Å². The molecule has 0 fully saturated rings. The first-order valence-corrected chi connectivity index (χ1v) is 16.4. The molecule has 0 saturated heterocycles. The van der Waals surface area contributed by atoms with Gasteiger partial charge in [-0.15, -0.1) is 0 Å². The summed E-state index contributed by atoms with van der Waals surface area (Å²) < 4.78 is 91.8. The molecule has 0 spiro atoms. The first-order chi connectivity index (χ1) is 11.8. The van der Waals surface area contributed by atoms with E-state index in [4.69, 9.17) is 0 Å². The second kappa shape index (κ2) is 11.0. The van der Waals surface area contributed by atoms with Gasteiger partial charge in [-0.05, 0) is 12.8 Å². The molecule has 0 aliphatic carbocycles. The average Bonchev–Trinajstić information content (AvgIpc) is 2.55. The van der Waals surface area contributed by atoms with Gasteiger partial charge in [-0.1, -0.05) is 52.4 Å². The molecule has 0 N–H and O–H groups in total. The Morgan fingerprint density at radius 2 is 0.615 bits per heavy atom. The summed E-state index contributed by atoms with van der Waals surface area (Å²) in [6.07, 6.45) is 5.03. The van der Waals surface area contributed by atoms with Crippen molar-refractivity contribution >= 4 is 35.5 Å². The summed E-state index contributed by atoms with van der Waals surface area (Å²) in [7, 11) is -16.3. The first kappa shape index (κ1) is 25.8. The normalized spacial score (nSPS) is 13.8. The van der Waals surface area contributed by atoms with Crippen LogP contribution in [0, 0.1) is 0 Å². The molecule has 26 heavy (non-hydrogen) atoms. The van der Waals surface area contributed by atoms with E-state index in [0.29, 0.717) is 25.7 Å². The molecule has 0 radical (unpaired) electrons. The summed E-state index contributed by atoms with van der Waals surface area (Å²) in [5, 5.41) is 0. The van der Waals surface area contributed by atoms with Crippen molar-refractivity contribution in [3.63, 3.8) is 0 Å². The Bertz CT molecular complexity index is 749. The third-order valence-electron chi connectivity index (χ3n) is 4.02. The van der Waals surface area contributed by atoms with Crippen molar-refractivity contribution in [1.82, 2.24) is 0 Å². The van der Waals surface area contributed by atoms with Crippen LogP contribution < -0.4 is 0 Å². The molecule has 0 saturated carbocycles. The smallest absolute Gasteiger partial charge is 0.213 e. The van der Waals surface area contributed by atoms with Crippen LogP contribution in [0.15, 0.2) is 0 Å². The lowest BCUT2D eigenvalue weighted by Gasteiger charge is -2.05. The molecule has 0 heterocycles. The molecule has 8 nitrogen and oxygen atoms in total. The highest BCUT2D eigenvalue weighted by molar-refractivity contribution is 8.67. The molecular weight excluding hydrogens is 424 g/mol. The standard InChI is InChI=1S/C14H30O8S4/c1-3-23(15,16)25(19,20)13-11-9-7-5-6-8-10-12-14-26(21,22)24(17,18)4-2/h3-14H2,1-2H3. The molecule has 0 aromatic rings.